The van der Waals surface area contributed by atoms with Crippen LogP contribution in [0.5, 0.6) is 0 Å². The number of rotatable bonds is 4. The first-order chi connectivity index (χ1) is 13.0. The van der Waals surface area contributed by atoms with Crippen LogP contribution in [-0.4, -0.2) is 35.5 Å². The number of carbonyl (C=O) groups is 1. The Kier molecular flexibility index (Phi) is 4.15. The summed E-state index contributed by atoms with van der Waals surface area (Å²) < 4.78 is 1.90. The summed E-state index contributed by atoms with van der Waals surface area (Å²) in [6, 6.07) is 12.8. The van der Waals surface area contributed by atoms with Gasteiger partial charge in [-0.3, -0.25) is 4.79 Å². The molecule has 0 aliphatic carbocycles. The number of nitrogens with one attached hydrogen (secondary N) is 1. The molecule has 8 nitrogen and oxygen atoms in total. The van der Waals surface area contributed by atoms with Gasteiger partial charge in [-0.2, -0.15) is 0 Å². The van der Waals surface area contributed by atoms with Crippen LogP contribution in [0.15, 0.2) is 48.7 Å². The van der Waals surface area contributed by atoms with Crippen molar-refractivity contribution in [1.29, 1.82) is 0 Å². The van der Waals surface area contributed by atoms with E-state index in [4.69, 9.17) is 0 Å². The SMILES string of the molecule is Cc1cc(C)n2ccc(C(=O)NC(C)c3nnn(-c4ccccc4)n3)c2n1. The van der Waals surface area contributed by atoms with Crippen molar-refractivity contribution in [3.8, 4) is 5.69 Å². The molecule has 4 aromatic rings. The van der Waals surface area contributed by atoms with Crippen LogP contribution in [0, 0.1) is 13.8 Å². The molecule has 0 spiro atoms. The molecule has 0 radical (unpaired) electrons. The van der Waals surface area contributed by atoms with Crippen LogP contribution in [0.4, 0.5) is 0 Å². The monoisotopic (exact) mass is 361 g/mol. The molecule has 1 amide bonds. The molecular weight excluding hydrogens is 342 g/mol. The summed E-state index contributed by atoms with van der Waals surface area (Å²) in [5.74, 6) is 0.217. The van der Waals surface area contributed by atoms with E-state index in [0.717, 1.165) is 17.1 Å². The Morgan fingerprint density at radius 3 is 2.70 bits per heavy atom. The summed E-state index contributed by atoms with van der Waals surface area (Å²) in [6.45, 7) is 5.72. The number of carbonyl (C=O) groups excluding carboxylic acids is 1. The fourth-order valence-corrected chi connectivity index (χ4v) is 2.98. The van der Waals surface area contributed by atoms with Crippen LogP contribution in [0.3, 0.4) is 0 Å². The number of fused-ring (bicyclic) bond motifs is 1. The molecule has 0 saturated carbocycles. The van der Waals surface area contributed by atoms with Crippen molar-refractivity contribution in [1.82, 2.24) is 34.9 Å². The van der Waals surface area contributed by atoms with E-state index in [2.05, 4.69) is 25.7 Å². The highest BCUT2D eigenvalue weighted by atomic mass is 16.1. The van der Waals surface area contributed by atoms with Gasteiger partial charge in [-0.05, 0) is 50.3 Å². The highest BCUT2D eigenvalue weighted by molar-refractivity contribution is 6.00. The van der Waals surface area contributed by atoms with E-state index >= 15 is 0 Å². The van der Waals surface area contributed by atoms with Gasteiger partial charge in [0.1, 0.15) is 5.65 Å². The number of hydrogen-bond acceptors (Lipinski definition) is 5. The van der Waals surface area contributed by atoms with E-state index in [-0.39, 0.29) is 5.91 Å². The second-order valence-electron chi connectivity index (χ2n) is 6.43. The quantitative estimate of drug-likeness (QED) is 0.603. The first-order valence-electron chi connectivity index (χ1n) is 8.64. The summed E-state index contributed by atoms with van der Waals surface area (Å²) in [7, 11) is 0. The Labute approximate surface area is 155 Å². The van der Waals surface area contributed by atoms with Crippen LogP contribution >= 0.6 is 0 Å². The smallest absolute Gasteiger partial charge is 0.255 e. The molecule has 1 aromatic carbocycles. The van der Waals surface area contributed by atoms with Crippen LogP contribution in [0.2, 0.25) is 0 Å². The molecule has 136 valence electrons. The van der Waals surface area contributed by atoms with Gasteiger partial charge in [-0.25, -0.2) is 4.98 Å². The number of aryl methyl sites for hydroxylation is 2. The normalized spacial score (nSPS) is 12.3. The molecule has 4 rings (SSSR count). The molecule has 8 heteroatoms. The number of hydrogen-bond donors (Lipinski definition) is 1. The standard InChI is InChI=1S/C19H19N7O/c1-12-11-13(2)25-10-9-16(18(25)20-12)19(27)21-14(3)17-22-24-26(23-17)15-7-5-4-6-8-15/h4-11,14H,1-3H3,(H,21,27). The van der Waals surface area contributed by atoms with Gasteiger partial charge in [0.25, 0.3) is 5.91 Å². The minimum atomic E-state index is -0.393. The van der Waals surface area contributed by atoms with Crippen molar-refractivity contribution >= 4 is 11.6 Å². The van der Waals surface area contributed by atoms with Gasteiger partial charge >= 0.3 is 0 Å². The molecule has 27 heavy (non-hydrogen) atoms. The van der Waals surface area contributed by atoms with E-state index in [1.807, 2.05) is 67.8 Å². The molecule has 3 aromatic heterocycles. The zero-order valence-corrected chi connectivity index (χ0v) is 15.3. The Hall–Kier alpha value is -3.55. The maximum absolute atomic E-state index is 12.8. The van der Waals surface area contributed by atoms with E-state index in [1.54, 1.807) is 6.07 Å². The Morgan fingerprint density at radius 1 is 1.15 bits per heavy atom. The van der Waals surface area contributed by atoms with Gasteiger partial charge in [0, 0.05) is 17.6 Å². The first-order valence-corrected chi connectivity index (χ1v) is 8.64. The molecule has 0 saturated heterocycles. The number of aromatic nitrogens is 6. The number of tetrazole rings is 1. The molecule has 0 fully saturated rings. The molecule has 3 heterocycles. The van der Waals surface area contributed by atoms with Crippen molar-refractivity contribution in [3.63, 3.8) is 0 Å². The van der Waals surface area contributed by atoms with Crippen LogP contribution in [-0.2, 0) is 0 Å². The highest BCUT2D eigenvalue weighted by Gasteiger charge is 2.19. The minimum absolute atomic E-state index is 0.224. The van der Waals surface area contributed by atoms with Gasteiger partial charge in [0.05, 0.1) is 17.3 Å². The Balaban J connectivity index is 1.56. The average Bonchev–Trinajstić information content (AvgIpc) is 3.30. The van der Waals surface area contributed by atoms with Gasteiger partial charge in [-0.15, -0.1) is 15.0 Å². The lowest BCUT2D eigenvalue weighted by atomic mass is 10.2. The number of para-hydroxylation sites is 1. The third-order valence-corrected chi connectivity index (χ3v) is 4.34. The molecule has 0 aliphatic heterocycles. The molecule has 1 atom stereocenters. The van der Waals surface area contributed by atoms with Gasteiger partial charge in [0.2, 0.25) is 0 Å². The fourth-order valence-electron chi connectivity index (χ4n) is 2.98. The number of benzene rings is 1. The number of amides is 1. The van der Waals surface area contributed by atoms with Crippen molar-refractivity contribution in [2.75, 3.05) is 0 Å². The fraction of sp³-hybridized carbons (Fsp3) is 0.211. The lowest BCUT2D eigenvalue weighted by Crippen LogP contribution is -2.27. The van der Waals surface area contributed by atoms with Crippen LogP contribution in [0.1, 0.15) is 40.5 Å². The largest absolute Gasteiger partial charge is 0.342 e. The number of nitrogens with zero attached hydrogens (tertiary/aromatic N) is 6. The van der Waals surface area contributed by atoms with Crippen LogP contribution in [0.25, 0.3) is 11.3 Å². The van der Waals surface area contributed by atoms with Gasteiger partial charge in [-0.1, -0.05) is 18.2 Å². The average molecular weight is 361 g/mol. The van der Waals surface area contributed by atoms with Crippen LogP contribution < -0.4 is 5.32 Å². The Morgan fingerprint density at radius 2 is 1.93 bits per heavy atom. The first kappa shape index (κ1) is 16.9. The van der Waals surface area contributed by atoms with E-state index < -0.39 is 6.04 Å². The molecule has 1 N–H and O–H groups in total. The van der Waals surface area contributed by atoms with Crippen molar-refractivity contribution in [2.24, 2.45) is 0 Å². The van der Waals surface area contributed by atoms with E-state index in [9.17, 15) is 4.79 Å². The lowest BCUT2D eigenvalue weighted by molar-refractivity contribution is 0.0940. The second kappa shape index (κ2) is 6.64. The van der Waals surface area contributed by atoms with E-state index in [1.165, 1.54) is 4.80 Å². The zero-order chi connectivity index (χ0) is 19.0. The molecule has 0 bridgehead atoms. The van der Waals surface area contributed by atoms with Gasteiger partial charge in [0.15, 0.2) is 5.82 Å². The Bertz CT molecular complexity index is 1110. The molecular formula is C19H19N7O. The third kappa shape index (κ3) is 3.17. The van der Waals surface area contributed by atoms with Crippen molar-refractivity contribution < 1.29 is 4.79 Å². The highest BCUT2D eigenvalue weighted by Crippen LogP contribution is 2.16. The summed E-state index contributed by atoms with van der Waals surface area (Å²) in [5, 5.41) is 15.4. The maximum Gasteiger partial charge on any atom is 0.255 e. The van der Waals surface area contributed by atoms with Crippen molar-refractivity contribution in [2.45, 2.75) is 26.8 Å². The second-order valence-corrected chi connectivity index (χ2v) is 6.43. The summed E-state index contributed by atoms with van der Waals surface area (Å²) >= 11 is 0. The minimum Gasteiger partial charge on any atom is -0.342 e. The van der Waals surface area contributed by atoms with E-state index in [0.29, 0.717) is 17.0 Å². The summed E-state index contributed by atoms with van der Waals surface area (Å²) in [4.78, 5) is 18.7. The summed E-state index contributed by atoms with van der Waals surface area (Å²) in [6.07, 6.45) is 1.85. The predicted octanol–water partition coefficient (Wildman–Crippen LogP) is 2.42. The van der Waals surface area contributed by atoms with Crippen molar-refractivity contribution in [3.05, 3.63) is 71.4 Å². The lowest BCUT2D eigenvalue weighted by Gasteiger charge is -2.10. The summed E-state index contributed by atoms with van der Waals surface area (Å²) in [5.41, 5.74) is 3.86. The molecule has 1 unspecified atom stereocenters. The third-order valence-electron chi connectivity index (χ3n) is 4.34. The zero-order valence-electron chi connectivity index (χ0n) is 15.3. The predicted molar refractivity (Wildman–Crippen MR) is 99.7 cm³/mol. The van der Waals surface area contributed by atoms with Gasteiger partial charge < -0.3 is 9.72 Å². The maximum atomic E-state index is 12.8. The topological polar surface area (TPSA) is 90.0 Å². The molecule has 0 aliphatic rings.